The van der Waals surface area contributed by atoms with Crippen LogP contribution in [0.3, 0.4) is 0 Å². The lowest BCUT2D eigenvalue weighted by Gasteiger charge is -2.07. The van der Waals surface area contributed by atoms with Gasteiger partial charge in [0.15, 0.2) is 0 Å². The molecule has 0 unspecified atom stereocenters. The molecule has 90 valence electrons. The Balaban J connectivity index is 2.61. The van der Waals surface area contributed by atoms with Crippen LogP contribution in [-0.2, 0) is 7.05 Å². The van der Waals surface area contributed by atoms with Gasteiger partial charge in [-0.3, -0.25) is 4.68 Å². The summed E-state index contributed by atoms with van der Waals surface area (Å²) in [6, 6.07) is 4.85. The van der Waals surface area contributed by atoms with Gasteiger partial charge in [-0.1, -0.05) is 11.6 Å². The molecule has 0 aliphatic heterocycles. The van der Waals surface area contributed by atoms with E-state index in [1.807, 2.05) is 0 Å². The lowest BCUT2D eigenvalue weighted by atomic mass is 10.1. The maximum Gasteiger partial charge on any atom is 0.143 e. The van der Waals surface area contributed by atoms with Gasteiger partial charge < -0.3 is 15.6 Å². The summed E-state index contributed by atoms with van der Waals surface area (Å²) in [5.74, 6) is 1.01. The Morgan fingerprint density at radius 3 is 2.65 bits per heavy atom. The van der Waals surface area contributed by atoms with Gasteiger partial charge in [-0.05, 0) is 6.07 Å². The number of hydrogen-bond donors (Lipinski definition) is 2. The number of phenolic OH excluding ortho intramolecular Hbond substituents is 1. The van der Waals surface area contributed by atoms with Crippen LogP contribution in [0.4, 0.5) is 5.82 Å². The molecule has 6 heteroatoms. The molecule has 2 rings (SSSR count). The number of nitrogens with zero attached hydrogens (tertiary/aromatic N) is 2. The topological polar surface area (TPSA) is 73.3 Å². The highest BCUT2D eigenvalue weighted by Crippen LogP contribution is 2.38. The molecule has 0 spiro atoms. The summed E-state index contributed by atoms with van der Waals surface area (Å²) in [7, 11) is 3.25. The number of nitrogens with two attached hydrogens (primary N) is 1. The molecule has 0 bridgehead atoms. The molecule has 0 aliphatic rings. The Morgan fingerprint density at radius 1 is 1.41 bits per heavy atom. The normalized spacial score (nSPS) is 10.5. The van der Waals surface area contributed by atoms with E-state index in [0.717, 1.165) is 0 Å². The van der Waals surface area contributed by atoms with E-state index in [-0.39, 0.29) is 10.8 Å². The first-order chi connectivity index (χ1) is 8.02. The molecule has 0 amide bonds. The van der Waals surface area contributed by atoms with Gasteiger partial charge in [-0.2, -0.15) is 5.10 Å². The Labute approximate surface area is 103 Å². The summed E-state index contributed by atoms with van der Waals surface area (Å²) in [6.07, 6.45) is 0. The molecule has 0 saturated heterocycles. The molecule has 0 saturated carbocycles. The molecule has 0 aliphatic carbocycles. The molecular formula is C11H12ClN3O2. The molecule has 5 nitrogen and oxygen atoms in total. The number of halogens is 1. The molecule has 17 heavy (non-hydrogen) atoms. The van der Waals surface area contributed by atoms with Crippen LogP contribution < -0.4 is 10.5 Å². The molecule has 0 fully saturated rings. The molecule has 3 N–H and O–H groups in total. The highest BCUT2D eigenvalue weighted by atomic mass is 35.5. The van der Waals surface area contributed by atoms with Crippen LogP contribution in [0.5, 0.6) is 11.5 Å². The zero-order valence-electron chi connectivity index (χ0n) is 9.44. The second kappa shape index (κ2) is 4.18. The van der Waals surface area contributed by atoms with Crippen LogP contribution in [-0.4, -0.2) is 22.0 Å². The van der Waals surface area contributed by atoms with E-state index in [1.54, 1.807) is 19.2 Å². The largest absolute Gasteiger partial charge is 0.506 e. The van der Waals surface area contributed by atoms with Crippen LogP contribution in [0.1, 0.15) is 0 Å². The minimum absolute atomic E-state index is 0.0365. The second-order valence-electron chi connectivity index (χ2n) is 3.58. The summed E-state index contributed by atoms with van der Waals surface area (Å²) in [6.45, 7) is 0. The van der Waals surface area contributed by atoms with Crippen molar-refractivity contribution in [2.45, 2.75) is 0 Å². The van der Waals surface area contributed by atoms with Crippen molar-refractivity contribution < 1.29 is 9.84 Å². The maximum atomic E-state index is 9.89. The molecule has 1 heterocycles. The summed E-state index contributed by atoms with van der Waals surface area (Å²) in [4.78, 5) is 0. The number of methoxy groups -OCH3 is 1. The highest BCUT2D eigenvalue weighted by Gasteiger charge is 2.14. The smallest absolute Gasteiger partial charge is 0.143 e. The quantitative estimate of drug-likeness (QED) is 0.859. The fourth-order valence-electron chi connectivity index (χ4n) is 1.50. The zero-order chi connectivity index (χ0) is 12.6. The summed E-state index contributed by atoms with van der Waals surface area (Å²) >= 11 is 5.90. The molecular weight excluding hydrogens is 242 g/mol. The first kappa shape index (κ1) is 11.6. The van der Waals surface area contributed by atoms with Crippen molar-refractivity contribution >= 4 is 17.4 Å². The minimum Gasteiger partial charge on any atom is -0.506 e. The van der Waals surface area contributed by atoms with Crippen molar-refractivity contribution in [1.29, 1.82) is 0 Å². The van der Waals surface area contributed by atoms with Crippen molar-refractivity contribution in [3.05, 3.63) is 23.2 Å². The van der Waals surface area contributed by atoms with Crippen molar-refractivity contribution in [3.63, 3.8) is 0 Å². The lowest BCUT2D eigenvalue weighted by molar-refractivity contribution is 0.412. The second-order valence-corrected chi connectivity index (χ2v) is 3.99. The molecule has 0 atom stereocenters. The molecule has 1 aromatic carbocycles. The third kappa shape index (κ3) is 2.01. The molecule has 0 radical (unpaired) electrons. The van der Waals surface area contributed by atoms with Crippen LogP contribution >= 0.6 is 11.6 Å². The Bertz CT molecular complexity index is 547. The van der Waals surface area contributed by atoms with E-state index in [1.165, 1.54) is 17.9 Å². The van der Waals surface area contributed by atoms with E-state index in [2.05, 4.69) is 5.10 Å². The van der Waals surface area contributed by atoms with Gasteiger partial charge in [-0.15, -0.1) is 0 Å². The third-order valence-electron chi connectivity index (χ3n) is 2.46. The van der Waals surface area contributed by atoms with Crippen molar-refractivity contribution in [2.24, 2.45) is 7.05 Å². The Hall–Kier alpha value is -1.88. The fourth-order valence-corrected chi connectivity index (χ4v) is 1.71. The van der Waals surface area contributed by atoms with E-state index < -0.39 is 0 Å². The van der Waals surface area contributed by atoms with Gasteiger partial charge in [0.05, 0.1) is 17.8 Å². The predicted molar refractivity (Wildman–Crippen MR) is 66.3 cm³/mol. The van der Waals surface area contributed by atoms with Crippen molar-refractivity contribution in [1.82, 2.24) is 9.78 Å². The maximum absolute atomic E-state index is 9.89. The number of ether oxygens (including phenoxy) is 1. The Kier molecular flexibility index (Phi) is 2.85. The van der Waals surface area contributed by atoms with Crippen LogP contribution in [0, 0.1) is 0 Å². The summed E-state index contributed by atoms with van der Waals surface area (Å²) in [5, 5.41) is 14.3. The average molecular weight is 254 g/mol. The SMILES string of the molecule is COc1cc(Cl)c(O)c(-c2cc(N)n(C)n2)c1. The molecule has 2 aromatic rings. The number of anilines is 1. The average Bonchev–Trinajstić information content (AvgIpc) is 2.62. The fraction of sp³-hybridized carbons (Fsp3) is 0.182. The van der Waals surface area contributed by atoms with Crippen LogP contribution in [0.15, 0.2) is 18.2 Å². The number of nitrogen functional groups attached to an aromatic ring is 1. The first-order valence-corrected chi connectivity index (χ1v) is 5.27. The number of aromatic hydroxyl groups is 1. The van der Waals surface area contributed by atoms with Crippen LogP contribution in [0.2, 0.25) is 5.02 Å². The number of aryl methyl sites for hydroxylation is 1. The molecule has 1 aromatic heterocycles. The lowest BCUT2D eigenvalue weighted by Crippen LogP contribution is -1.96. The first-order valence-electron chi connectivity index (χ1n) is 4.89. The number of aromatic nitrogens is 2. The van der Waals surface area contributed by atoms with E-state index in [0.29, 0.717) is 22.8 Å². The number of rotatable bonds is 2. The standard InChI is InChI=1S/C11H12ClN3O2/c1-15-10(13)5-9(14-15)7-3-6(17-2)4-8(12)11(7)16/h3-5,16H,13H2,1-2H3. The Morgan fingerprint density at radius 2 is 2.12 bits per heavy atom. The van der Waals surface area contributed by atoms with Crippen molar-refractivity contribution in [3.8, 4) is 22.8 Å². The third-order valence-corrected chi connectivity index (χ3v) is 2.75. The van der Waals surface area contributed by atoms with Gasteiger partial charge in [0.1, 0.15) is 17.3 Å². The monoisotopic (exact) mass is 253 g/mol. The summed E-state index contributed by atoms with van der Waals surface area (Å²) < 4.78 is 6.60. The van der Waals surface area contributed by atoms with Gasteiger partial charge in [0.2, 0.25) is 0 Å². The number of hydrogen-bond acceptors (Lipinski definition) is 4. The zero-order valence-corrected chi connectivity index (χ0v) is 10.2. The predicted octanol–water partition coefficient (Wildman–Crippen LogP) is 2.04. The van der Waals surface area contributed by atoms with E-state index in [4.69, 9.17) is 22.1 Å². The minimum atomic E-state index is -0.0365. The number of phenols is 1. The number of benzene rings is 1. The van der Waals surface area contributed by atoms with E-state index >= 15 is 0 Å². The van der Waals surface area contributed by atoms with E-state index in [9.17, 15) is 5.11 Å². The van der Waals surface area contributed by atoms with Gasteiger partial charge >= 0.3 is 0 Å². The van der Waals surface area contributed by atoms with Gasteiger partial charge in [0.25, 0.3) is 0 Å². The summed E-state index contributed by atoms with van der Waals surface area (Å²) in [5.41, 5.74) is 6.72. The van der Waals surface area contributed by atoms with Gasteiger partial charge in [0, 0.05) is 24.7 Å². The van der Waals surface area contributed by atoms with Crippen molar-refractivity contribution in [2.75, 3.05) is 12.8 Å². The van der Waals surface area contributed by atoms with Crippen LogP contribution in [0.25, 0.3) is 11.3 Å². The van der Waals surface area contributed by atoms with Gasteiger partial charge in [-0.25, -0.2) is 0 Å². The highest BCUT2D eigenvalue weighted by molar-refractivity contribution is 6.32.